The number of rotatable bonds is 2. The van der Waals surface area contributed by atoms with E-state index in [1.54, 1.807) is 0 Å². The first-order chi connectivity index (χ1) is 10.8. The summed E-state index contributed by atoms with van der Waals surface area (Å²) < 4.78 is 5.76. The highest BCUT2D eigenvalue weighted by Crippen LogP contribution is 2.31. The molecule has 5 heteroatoms. The van der Waals surface area contributed by atoms with Crippen molar-refractivity contribution in [3.63, 3.8) is 0 Å². The van der Waals surface area contributed by atoms with Gasteiger partial charge in [-0.1, -0.05) is 25.1 Å². The van der Waals surface area contributed by atoms with Crippen molar-refractivity contribution in [2.75, 3.05) is 39.3 Å². The summed E-state index contributed by atoms with van der Waals surface area (Å²) in [5.74, 6) is 0.904. The van der Waals surface area contributed by atoms with Crippen molar-refractivity contribution in [3.05, 3.63) is 29.8 Å². The zero-order chi connectivity index (χ0) is 15.4. The van der Waals surface area contributed by atoms with Crippen molar-refractivity contribution in [2.45, 2.75) is 25.8 Å². The Balaban J connectivity index is 1.64. The number of piperazine rings is 1. The minimum atomic E-state index is 0.0513. The van der Waals surface area contributed by atoms with Crippen LogP contribution in [0.4, 0.5) is 4.79 Å². The van der Waals surface area contributed by atoms with Gasteiger partial charge in [-0.25, -0.2) is 4.79 Å². The number of urea groups is 1. The fourth-order valence-corrected chi connectivity index (χ4v) is 3.18. The zero-order valence-electron chi connectivity index (χ0n) is 13.3. The van der Waals surface area contributed by atoms with E-state index in [9.17, 15) is 4.79 Å². The molecule has 0 aliphatic carbocycles. The Morgan fingerprint density at radius 1 is 1.27 bits per heavy atom. The van der Waals surface area contributed by atoms with Crippen molar-refractivity contribution in [3.8, 4) is 5.75 Å². The molecular formula is C17H25N3O2. The first-order valence-electron chi connectivity index (χ1n) is 8.27. The summed E-state index contributed by atoms with van der Waals surface area (Å²) in [6.45, 7) is 7.50. The fraction of sp³-hybridized carbons (Fsp3) is 0.588. The molecule has 1 aromatic carbocycles. The van der Waals surface area contributed by atoms with Gasteiger partial charge in [0.15, 0.2) is 0 Å². The SMILES string of the molecule is CCN1CCN(C(=O)NC2CCCOc3ccccc32)CC1. The maximum atomic E-state index is 12.5. The minimum Gasteiger partial charge on any atom is -0.493 e. The molecule has 1 N–H and O–H groups in total. The highest BCUT2D eigenvalue weighted by atomic mass is 16.5. The van der Waals surface area contributed by atoms with Crippen LogP contribution in [-0.2, 0) is 0 Å². The minimum absolute atomic E-state index is 0.0513. The van der Waals surface area contributed by atoms with Crippen LogP contribution in [0.5, 0.6) is 5.75 Å². The van der Waals surface area contributed by atoms with Crippen LogP contribution in [0.15, 0.2) is 24.3 Å². The quantitative estimate of drug-likeness (QED) is 0.911. The van der Waals surface area contributed by atoms with E-state index in [4.69, 9.17) is 4.74 Å². The van der Waals surface area contributed by atoms with Crippen molar-refractivity contribution < 1.29 is 9.53 Å². The van der Waals surface area contributed by atoms with Crippen LogP contribution in [0.3, 0.4) is 0 Å². The lowest BCUT2D eigenvalue weighted by atomic mass is 10.0. The van der Waals surface area contributed by atoms with Gasteiger partial charge in [0.2, 0.25) is 0 Å². The molecule has 0 aromatic heterocycles. The van der Waals surface area contributed by atoms with Crippen LogP contribution >= 0.6 is 0 Å². The number of para-hydroxylation sites is 1. The van der Waals surface area contributed by atoms with Gasteiger partial charge in [0.1, 0.15) is 5.75 Å². The van der Waals surface area contributed by atoms with Crippen LogP contribution in [0.1, 0.15) is 31.4 Å². The number of ether oxygens (including phenoxy) is 1. The van der Waals surface area contributed by atoms with Crippen LogP contribution in [0.2, 0.25) is 0 Å². The third-order valence-corrected chi connectivity index (χ3v) is 4.59. The molecule has 0 radical (unpaired) electrons. The van der Waals surface area contributed by atoms with Gasteiger partial charge >= 0.3 is 6.03 Å². The molecule has 2 amide bonds. The Hall–Kier alpha value is -1.75. The highest BCUT2D eigenvalue weighted by molar-refractivity contribution is 5.75. The smallest absolute Gasteiger partial charge is 0.317 e. The van der Waals surface area contributed by atoms with E-state index < -0.39 is 0 Å². The molecule has 1 saturated heterocycles. The standard InChI is InChI=1S/C17H25N3O2/c1-2-19-9-11-20(12-10-19)17(21)18-15-7-5-13-22-16-8-4-3-6-14(15)16/h3-4,6,8,15H,2,5,7,9-13H2,1H3,(H,18,21). The van der Waals surface area contributed by atoms with Crippen LogP contribution in [0, 0.1) is 0 Å². The number of likely N-dealkylation sites (N-methyl/N-ethyl adjacent to an activating group) is 1. The number of carbonyl (C=O) groups is 1. The lowest BCUT2D eigenvalue weighted by Gasteiger charge is -2.35. The van der Waals surface area contributed by atoms with E-state index in [2.05, 4.69) is 23.2 Å². The highest BCUT2D eigenvalue weighted by Gasteiger charge is 2.25. The lowest BCUT2D eigenvalue weighted by Crippen LogP contribution is -2.52. The Morgan fingerprint density at radius 3 is 2.82 bits per heavy atom. The largest absolute Gasteiger partial charge is 0.493 e. The molecule has 5 nitrogen and oxygen atoms in total. The average Bonchev–Trinajstić information content (AvgIpc) is 2.77. The molecule has 1 fully saturated rings. The number of nitrogens with one attached hydrogen (secondary N) is 1. The van der Waals surface area contributed by atoms with Crippen molar-refractivity contribution in [2.24, 2.45) is 0 Å². The molecule has 22 heavy (non-hydrogen) atoms. The van der Waals surface area contributed by atoms with Gasteiger partial charge in [-0.05, 0) is 25.5 Å². The third kappa shape index (κ3) is 3.35. The Morgan fingerprint density at radius 2 is 2.05 bits per heavy atom. The van der Waals surface area contributed by atoms with Crippen molar-refractivity contribution in [1.82, 2.24) is 15.1 Å². The topological polar surface area (TPSA) is 44.8 Å². The van der Waals surface area contributed by atoms with Crippen LogP contribution in [-0.4, -0.2) is 55.2 Å². The van der Waals surface area contributed by atoms with E-state index in [1.165, 1.54) is 0 Å². The number of benzene rings is 1. The van der Waals surface area contributed by atoms with E-state index in [0.29, 0.717) is 0 Å². The monoisotopic (exact) mass is 303 g/mol. The van der Waals surface area contributed by atoms with Gasteiger partial charge in [-0.3, -0.25) is 0 Å². The van der Waals surface area contributed by atoms with Gasteiger partial charge in [0.25, 0.3) is 0 Å². The molecule has 0 spiro atoms. The first kappa shape index (κ1) is 15.2. The van der Waals surface area contributed by atoms with Gasteiger partial charge in [-0.15, -0.1) is 0 Å². The Kier molecular flexibility index (Phi) is 4.83. The van der Waals surface area contributed by atoms with E-state index >= 15 is 0 Å². The summed E-state index contributed by atoms with van der Waals surface area (Å²) in [6.07, 6.45) is 1.89. The number of hydrogen-bond donors (Lipinski definition) is 1. The fourth-order valence-electron chi connectivity index (χ4n) is 3.18. The molecule has 3 rings (SSSR count). The van der Waals surface area contributed by atoms with Gasteiger partial charge < -0.3 is 19.9 Å². The van der Waals surface area contributed by atoms with Gasteiger partial charge in [-0.2, -0.15) is 0 Å². The summed E-state index contributed by atoms with van der Waals surface area (Å²) in [7, 11) is 0. The lowest BCUT2D eigenvalue weighted by molar-refractivity contribution is 0.140. The van der Waals surface area contributed by atoms with Crippen LogP contribution in [0.25, 0.3) is 0 Å². The number of hydrogen-bond acceptors (Lipinski definition) is 3. The molecule has 2 aliphatic rings. The normalized spacial score (nSPS) is 22.4. The molecule has 2 aliphatic heterocycles. The zero-order valence-corrected chi connectivity index (χ0v) is 13.3. The summed E-state index contributed by atoms with van der Waals surface area (Å²) in [6, 6.07) is 8.13. The molecule has 1 atom stereocenters. The summed E-state index contributed by atoms with van der Waals surface area (Å²) >= 11 is 0. The number of nitrogens with zero attached hydrogens (tertiary/aromatic N) is 2. The van der Waals surface area contributed by atoms with E-state index in [0.717, 1.165) is 63.5 Å². The first-order valence-corrected chi connectivity index (χ1v) is 8.27. The Labute approximate surface area is 132 Å². The summed E-state index contributed by atoms with van der Waals surface area (Å²) in [5.41, 5.74) is 1.10. The van der Waals surface area contributed by atoms with Gasteiger partial charge in [0.05, 0.1) is 12.6 Å². The molecule has 0 saturated carbocycles. The second-order valence-electron chi connectivity index (χ2n) is 5.95. The average molecular weight is 303 g/mol. The summed E-state index contributed by atoms with van der Waals surface area (Å²) in [4.78, 5) is 16.8. The predicted molar refractivity (Wildman–Crippen MR) is 86.1 cm³/mol. The van der Waals surface area contributed by atoms with Crippen molar-refractivity contribution >= 4 is 6.03 Å². The number of carbonyl (C=O) groups excluding carboxylic acids is 1. The molecular weight excluding hydrogens is 278 g/mol. The molecule has 1 unspecified atom stereocenters. The van der Waals surface area contributed by atoms with Gasteiger partial charge in [0, 0.05) is 31.7 Å². The summed E-state index contributed by atoms with van der Waals surface area (Å²) in [5, 5.41) is 3.21. The maximum Gasteiger partial charge on any atom is 0.317 e. The van der Waals surface area contributed by atoms with E-state index in [-0.39, 0.29) is 12.1 Å². The predicted octanol–water partition coefficient (Wildman–Crippen LogP) is 2.25. The molecule has 1 aromatic rings. The molecule has 2 heterocycles. The van der Waals surface area contributed by atoms with Crippen LogP contribution < -0.4 is 10.1 Å². The second-order valence-corrected chi connectivity index (χ2v) is 5.95. The number of amides is 2. The second kappa shape index (κ2) is 7.01. The maximum absolute atomic E-state index is 12.5. The number of fused-ring (bicyclic) bond motifs is 1. The van der Waals surface area contributed by atoms with E-state index in [1.807, 2.05) is 23.1 Å². The molecule has 120 valence electrons. The Bertz CT molecular complexity index is 512. The third-order valence-electron chi connectivity index (χ3n) is 4.59. The van der Waals surface area contributed by atoms with Crippen molar-refractivity contribution in [1.29, 1.82) is 0 Å². The molecule has 0 bridgehead atoms.